The first-order valence-electron chi connectivity index (χ1n) is 9.32. The van der Waals surface area contributed by atoms with Crippen LogP contribution in [0.25, 0.3) is 10.8 Å². The summed E-state index contributed by atoms with van der Waals surface area (Å²) in [6.45, 7) is 0.983. The monoisotopic (exact) mass is 422 g/mol. The molecule has 30 heavy (non-hydrogen) atoms. The first kappa shape index (κ1) is 19.8. The van der Waals surface area contributed by atoms with E-state index in [4.69, 9.17) is 5.26 Å². The molecule has 1 fully saturated rings. The Morgan fingerprint density at radius 2 is 1.63 bits per heavy atom. The highest BCUT2D eigenvalue weighted by atomic mass is 32.2. The van der Waals surface area contributed by atoms with Crippen LogP contribution >= 0.6 is 0 Å². The molecule has 1 aliphatic rings. The van der Waals surface area contributed by atoms with Crippen LogP contribution in [0.4, 0.5) is 11.4 Å². The molecule has 1 saturated heterocycles. The smallest absolute Gasteiger partial charge is 0.292 e. The Labute approximate surface area is 173 Å². The third kappa shape index (κ3) is 3.58. The van der Waals surface area contributed by atoms with E-state index in [1.807, 2.05) is 30.3 Å². The number of hydrogen-bond donors (Lipinski definition) is 0. The molecule has 0 aliphatic carbocycles. The lowest BCUT2D eigenvalue weighted by Gasteiger charge is -2.35. The van der Waals surface area contributed by atoms with E-state index >= 15 is 0 Å². The molecule has 3 aromatic rings. The lowest BCUT2D eigenvalue weighted by atomic mass is 10.1. The van der Waals surface area contributed by atoms with Gasteiger partial charge in [0, 0.05) is 32.2 Å². The molecule has 4 rings (SSSR count). The highest BCUT2D eigenvalue weighted by molar-refractivity contribution is 7.89. The maximum Gasteiger partial charge on any atom is 0.292 e. The third-order valence-electron chi connectivity index (χ3n) is 5.24. The van der Waals surface area contributed by atoms with Crippen LogP contribution in [0.15, 0.2) is 65.6 Å². The highest BCUT2D eigenvalue weighted by Gasteiger charge is 2.31. The molecule has 1 heterocycles. The van der Waals surface area contributed by atoms with Crippen molar-refractivity contribution in [2.24, 2.45) is 0 Å². The van der Waals surface area contributed by atoms with Gasteiger partial charge in [0.15, 0.2) is 0 Å². The fourth-order valence-corrected chi connectivity index (χ4v) is 5.11. The molecule has 0 N–H and O–H groups in total. The molecule has 0 bridgehead atoms. The predicted molar refractivity (Wildman–Crippen MR) is 113 cm³/mol. The number of rotatable bonds is 4. The van der Waals surface area contributed by atoms with Gasteiger partial charge in [0.2, 0.25) is 10.0 Å². The van der Waals surface area contributed by atoms with Crippen LogP contribution in [0.3, 0.4) is 0 Å². The van der Waals surface area contributed by atoms with E-state index in [-0.39, 0.29) is 23.7 Å². The Balaban J connectivity index is 1.57. The number of nitriles is 1. The van der Waals surface area contributed by atoms with Crippen molar-refractivity contribution < 1.29 is 13.3 Å². The number of fused-ring (bicyclic) bond motifs is 1. The maximum absolute atomic E-state index is 13.1. The van der Waals surface area contributed by atoms with Gasteiger partial charge in [-0.3, -0.25) is 10.1 Å². The van der Waals surface area contributed by atoms with Crippen molar-refractivity contribution >= 4 is 32.2 Å². The van der Waals surface area contributed by atoms with Crippen LogP contribution in [0.1, 0.15) is 5.56 Å². The number of hydrogen-bond acceptors (Lipinski definition) is 6. The van der Waals surface area contributed by atoms with Gasteiger partial charge in [-0.2, -0.15) is 9.57 Å². The zero-order valence-electron chi connectivity index (χ0n) is 15.9. The van der Waals surface area contributed by atoms with E-state index in [0.29, 0.717) is 24.3 Å². The Bertz CT molecular complexity index is 1280. The van der Waals surface area contributed by atoms with Crippen molar-refractivity contribution in [1.29, 1.82) is 5.26 Å². The Morgan fingerprint density at radius 3 is 2.30 bits per heavy atom. The van der Waals surface area contributed by atoms with Gasteiger partial charge in [-0.05, 0) is 35.0 Å². The quantitative estimate of drug-likeness (QED) is 0.472. The molecule has 3 aromatic carbocycles. The van der Waals surface area contributed by atoms with Gasteiger partial charge in [0.25, 0.3) is 5.69 Å². The van der Waals surface area contributed by atoms with E-state index in [0.717, 1.165) is 10.8 Å². The molecule has 0 amide bonds. The van der Waals surface area contributed by atoms with E-state index in [1.165, 1.54) is 22.5 Å². The number of sulfonamides is 1. The summed E-state index contributed by atoms with van der Waals surface area (Å²) in [7, 11) is -3.68. The van der Waals surface area contributed by atoms with Crippen LogP contribution < -0.4 is 4.90 Å². The largest absolute Gasteiger partial charge is 0.363 e. The molecule has 0 unspecified atom stereocenters. The van der Waals surface area contributed by atoms with Crippen molar-refractivity contribution in [3.8, 4) is 6.07 Å². The Hall–Kier alpha value is -3.48. The van der Waals surface area contributed by atoms with Crippen molar-refractivity contribution in [3.05, 3.63) is 76.3 Å². The minimum absolute atomic E-state index is 0.0974. The van der Waals surface area contributed by atoms with Gasteiger partial charge in [-0.15, -0.1) is 0 Å². The average molecular weight is 422 g/mol. The molecule has 0 radical (unpaired) electrons. The fourth-order valence-electron chi connectivity index (χ4n) is 3.65. The van der Waals surface area contributed by atoms with Crippen LogP contribution in [0.5, 0.6) is 0 Å². The van der Waals surface area contributed by atoms with Crippen molar-refractivity contribution in [2.45, 2.75) is 4.90 Å². The number of nitro groups is 1. The van der Waals surface area contributed by atoms with Crippen molar-refractivity contribution in [2.75, 3.05) is 31.1 Å². The van der Waals surface area contributed by atoms with Crippen molar-refractivity contribution in [1.82, 2.24) is 4.31 Å². The first-order chi connectivity index (χ1) is 14.4. The van der Waals surface area contributed by atoms with Crippen molar-refractivity contribution in [3.63, 3.8) is 0 Å². The van der Waals surface area contributed by atoms with Gasteiger partial charge in [0.1, 0.15) is 5.69 Å². The van der Waals surface area contributed by atoms with Crippen LogP contribution in [0.2, 0.25) is 0 Å². The molecule has 9 heteroatoms. The number of benzene rings is 3. The summed E-state index contributed by atoms with van der Waals surface area (Å²) in [5.41, 5.74) is 0.559. The molecule has 0 atom stereocenters. The molecule has 0 spiro atoms. The predicted octanol–water partition coefficient (Wildman–Crippen LogP) is 3.13. The first-order valence-corrected chi connectivity index (χ1v) is 10.8. The summed E-state index contributed by atoms with van der Waals surface area (Å²) in [5.74, 6) is 0. The fraction of sp³-hybridized carbons (Fsp3) is 0.190. The summed E-state index contributed by atoms with van der Waals surface area (Å²) in [6.07, 6.45) is 0. The standard InChI is InChI=1S/C21H18N4O4S/c22-15-16-5-8-20(25(26)27)21(13-16)23-9-11-24(12-10-23)30(28,29)19-7-6-17-3-1-2-4-18(17)14-19/h1-8,13-14H,9-12H2. The minimum Gasteiger partial charge on any atom is -0.363 e. The Morgan fingerprint density at radius 1 is 0.933 bits per heavy atom. The summed E-state index contributed by atoms with van der Waals surface area (Å²) < 4.78 is 27.6. The molecule has 152 valence electrons. The number of anilines is 1. The molecular weight excluding hydrogens is 404 g/mol. The van der Waals surface area contributed by atoms with Gasteiger partial charge in [0.05, 0.1) is 21.5 Å². The average Bonchev–Trinajstić information content (AvgIpc) is 2.78. The summed E-state index contributed by atoms with van der Waals surface area (Å²) >= 11 is 0. The minimum atomic E-state index is -3.68. The van der Waals surface area contributed by atoms with Crippen LogP contribution in [-0.2, 0) is 10.0 Å². The molecular formula is C21H18N4O4S. The lowest BCUT2D eigenvalue weighted by molar-refractivity contribution is -0.384. The van der Waals surface area contributed by atoms with Gasteiger partial charge in [-0.25, -0.2) is 8.42 Å². The lowest BCUT2D eigenvalue weighted by Crippen LogP contribution is -2.48. The SMILES string of the molecule is N#Cc1ccc([N+](=O)[O-])c(N2CCN(S(=O)(=O)c3ccc4ccccc4c3)CC2)c1. The summed E-state index contributed by atoms with van der Waals surface area (Å²) in [6, 6.07) is 18.8. The molecule has 1 aliphatic heterocycles. The van der Waals surface area contributed by atoms with E-state index in [9.17, 15) is 18.5 Å². The van der Waals surface area contributed by atoms with Gasteiger partial charge >= 0.3 is 0 Å². The molecule has 8 nitrogen and oxygen atoms in total. The second-order valence-corrected chi connectivity index (χ2v) is 8.91. The normalized spacial score (nSPS) is 15.1. The maximum atomic E-state index is 13.1. The summed E-state index contributed by atoms with van der Waals surface area (Å²) in [4.78, 5) is 12.9. The van der Waals surface area contributed by atoms with Crippen LogP contribution in [0, 0.1) is 21.4 Å². The van der Waals surface area contributed by atoms with E-state index < -0.39 is 14.9 Å². The third-order valence-corrected chi connectivity index (χ3v) is 7.13. The topological polar surface area (TPSA) is 108 Å². The van der Waals surface area contributed by atoms with E-state index in [2.05, 4.69) is 0 Å². The molecule has 0 saturated carbocycles. The highest BCUT2D eigenvalue weighted by Crippen LogP contribution is 2.31. The molecule has 0 aromatic heterocycles. The number of nitrogens with zero attached hydrogens (tertiary/aromatic N) is 4. The number of piperazine rings is 1. The van der Waals surface area contributed by atoms with Crippen LogP contribution in [-0.4, -0.2) is 43.8 Å². The zero-order chi connectivity index (χ0) is 21.3. The Kier molecular flexibility index (Phi) is 5.11. The van der Waals surface area contributed by atoms with Gasteiger partial charge < -0.3 is 4.90 Å². The summed E-state index contributed by atoms with van der Waals surface area (Å²) in [5, 5.41) is 22.3. The number of nitro benzene ring substituents is 1. The van der Waals surface area contributed by atoms with E-state index in [1.54, 1.807) is 23.1 Å². The zero-order valence-corrected chi connectivity index (χ0v) is 16.7. The van der Waals surface area contributed by atoms with Gasteiger partial charge in [-0.1, -0.05) is 30.3 Å². The second-order valence-electron chi connectivity index (χ2n) is 6.97. The second kappa shape index (κ2) is 7.74.